The number of halogens is 15. The number of alkyl halides is 15. The summed E-state index contributed by atoms with van der Waals surface area (Å²) in [6, 6.07) is 3.54. The maximum absolute atomic E-state index is 13.6. The summed E-state index contributed by atoms with van der Waals surface area (Å²) in [6.45, 7) is -1.29. The highest BCUT2D eigenvalue weighted by Gasteiger charge is 2.95. The molecule has 1 aromatic rings. The molecule has 174 valence electrons. The van der Waals surface area contributed by atoms with Gasteiger partial charge in [0, 0.05) is 12.1 Å². The second-order valence-electron chi connectivity index (χ2n) is 5.94. The molecule has 16 heteroatoms. The average Bonchev–Trinajstić information content (AvgIpc) is 2.57. The molecule has 0 fully saturated rings. The SMILES string of the molecule is FC(F)(F)C(F)(C(F)(F)F)C(F)(F)C(F)(F)C(F)(F)C(F)(F)CC[n+]1ccccc1. The third-order valence-electron chi connectivity index (χ3n) is 3.92. The Balaban J connectivity index is 3.46. The number of rotatable bonds is 7. The Morgan fingerprint density at radius 2 is 0.900 bits per heavy atom. The van der Waals surface area contributed by atoms with Crippen molar-refractivity contribution < 1.29 is 70.4 Å². The molecule has 0 unspecified atom stereocenters. The molecule has 0 bridgehead atoms. The maximum Gasteiger partial charge on any atom is 0.438 e. The number of aromatic nitrogens is 1. The van der Waals surface area contributed by atoms with Crippen LogP contribution in [-0.2, 0) is 6.54 Å². The van der Waals surface area contributed by atoms with Crippen LogP contribution in [0, 0.1) is 0 Å². The van der Waals surface area contributed by atoms with Gasteiger partial charge in [0.05, 0.1) is 6.42 Å². The molecule has 0 N–H and O–H groups in total. The van der Waals surface area contributed by atoms with Crippen LogP contribution in [0.1, 0.15) is 6.42 Å². The number of pyridine rings is 1. The van der Waals surface area contributed by atoms with Gasteiger partial charge in [-0.25, -0.2) is 8.96 Å². The van der Waals surface area contributed by atoms with Crippen LogP contribution in [0.3, 0.4) is 0 Å². The van der Waals surface area contributed by atoms with E-state index in [1.54, 1.807) is 0 Å². The second kappa shape index (κ2) is 7.35. The second-order valence-corrected chi connectivity index (χ2v) is 5.94. The lowest BCUT2D eigenvalue weighted by Crippen LogP contribution is -2.75. The van der Waals surface area contributed by atoms with E-state index in [-0.39, 0.29) is 0 Å². The van der Waals surface area contributed by atoms with Crippen LogP contribution in [0.15, 0.2) is 30.6 Å². The fourth-order valence-corrected chi connectivity index (χ4v) is 2.17. The van der Waals surface area contributed by atoms with Gasteiger partial charge in [-0.3, -0.25) is 0 Å². The molecule has 1 heterocycles. The Hall–Kier alpha value is -1.90. The third kappa shape index (κ3) is 3.76. The van der Waals surface area contributed by atoms with Crippen molar-refractivity contribution in [3.8, 4) is 0 Å². The Bertz CT molecular complexity index is 705. The van der Waals surface area contributed by atoms with Crippen molar-refractivity contribution in [1.82, 2.24) is 0 Å². The minimum atomic E-state index is -8.37. The standard InChI is InChI=1S/C14H9F15N/c15-8(16,4-7-30-5-2-1-3-6-30)10(18,19)12(22,23)11(20,21)9(17,13(24,25)26)14(27,28)29/h1-3,5-6H,4,7H2/q+1. The number of hydrogen-bond acceptors (Lipinski definition) is 0. The molecular formula is C14H9F15N+. The van der Waals surface area contributed by atoms with E-state index in [2.05, 4.69) is 0 Å². The maximum atomic E-state index is 13.6. The lowest BCUT2D eigenvalue weighted by Gasteiger charge is -2.43. The Labute approximate surface area is 157 Å². The van der Waals surface area contributed by atoms with Crippen LogP contribution in [0.25, 0.3) is 0 Å². The molecule has 0 spiro atoms. The molecule has 0 saturated carbocycles. The zero-order valence-corrected chi connectivity index (χ0v) is 13.9. The first kappa shape index (κ1) is 26.1. The van der Waals surface area contributed by atoms with Crippen molar-refractivity contribution in [2.45, 2.75) is 54.7 Å². The van der Waals surface area contributed by atoms with Gasteiger partial charge in [0.25, 0.3) is 0 Å². The molecule has 1 aromatic heterocycles. The van der Waals surface area contributed by atoms with E-state index in [0.29, 0.717) is 4.57 Å². The van der Waals surface area contributed by atoms with Gasteiger partial charge < -0.3 is 0 Å². The summed E-state index contributed by atoms with van der Waals surface area (Å²) in [4.78, 5) is 0. The fraction of sp³-hybridized carbons (Fsp3) is 0.643. The summed E-state index contributed by atoms with van der Waals surface area (Å²) in [6.07, 6.45) is -16.4. The summed E-state index contributed by atoms with van der Waals surface area (Å²) < 4.78 is 196. The molecule has 0 radical (unpaired) electrons. The van der Waals surface area contributed by atoms with Crippen LogP contribution in [0.2, 0.25) is 0 Å². The van der Waals surface area contributed by atoms with Crippen molar-refractivity contribution >= 4 is 0 Å². The van der Waals surface area contributed by atoms with Crippen molar-refractivity contribution in [3.05, 3.63) is 30.6 Å². The van der Waals surface area contributed by atoms with Gasteiger partial charge in [-0.15, -0.1) is 0 Å². The van der Waals surface area contributed by atoms with Crippen LogP contribution in [0.5, 0.6) is 0 Å². The molecule has 0 aromatic carbocycles. The highest BCUT2D eigenvalue weighted by molar-refractivity contribution is 5.16. The molecule has 0 aliphatic carbocycles. The van der Waals surface area contributed by atoms with Gasteiger partial charge >= 0.3 is 41.7 Å². The van der Waals surface area contributed by atoms with Crippen molar-refractivity contribution in [2.24, 2.45) is 0 Å². The van der Waals surface area contributed by atoms with E-state index in [9.17, 15) is 65.9 Å². The quantitative estimate of drug-likeness (QED) is 0.349. The highest BCUT2D eigenvalue weighted by atomic mass is 19.4. The monoisotopic (exact) mass is 476 g/mol. The van der Waals surface area contributed by atoms with E-state index in [1.807, 2.05) is 0 Å². The van der Waals surface area contributed by atoms with Gasteiger partial charge in [-0.1, -0.05) is 6.07 Å². The minimum absolute atomic E-state index is 0.644. The molecule has 1 nitrogen and oxygen atoms in total. The minimum Gasteiger partial charge on any atom is -0.216 e. The largest absolute Gasteiger partial charge is 0.438 e. The normalized spacial score (nSPS) is 15.4. The molecular weight excluding hydrogens is 467 g/mol. The highest BCUT2D eigenvalue weighted by Crippen LogP contribution is 2.64. The molecule has 0 saturated heterocycles. The van der Waals surface area contributed by atoms with Crippen molar-refractivity contribution in [2.75, 3.05) is 0 Å². The van der Waals surface area contributed by atoms with Crippen LogP contribution in [0.4, 0.5) is 65.9 Å². The summed E-state index contributed by atoms with van der Waals surface area (Å²) in [7, 11) is 0. The van der Waals surface area contributed by atoms with E-state index >= 15 is 0 Å². The fourth-order valence-electron chi connectivity index (χ4n) is 2.17. The van der Waals surface area contributed by atoms with Gasteiger partial charge in [0.15, 0.2) is 18.9 Å². The van der Waals surface area contributed by atoms with Crippen LogP contribution < -0.4 is 4.57 Å². The Morgan fingerprint density at radius 3 is 1.27 bits per heavy atom. The number of hydrogen-bond donors (Lipinski definition) is 0. The first-order valence-corrected chi connectivity index (χ1v) is 7.35. The van der Waals surface area contributed by atoms with E-state index in [1.165, 1.54) is 6.07 Å². The summed E-state index contributed by atoms with van der Waals surface area (Å²) in [5, 5.41) is 0. The van der Waals surface area contributed by atoms with Crippen molar-refractivity contribution in [3.63, 3.8) is 0 Å². The number of aryl methyl sites for hydroxylation is 1. The van der Waals surface area contributed by atoms with Gasteiger partial charge in [-0.2, -0.15) is 61.5 Å². The van der Waals surface area contributed by atoms with Gasteiger partial charge in [0.1, 0.15) is 0 Å². The van der Waals surface area contributed by atoms with Gasteiger partial charge in [0.2, 0.25) is 0 Å². The zero-order valence-electron chi connectivity index (χ0n) is 13.9. The van der Waals surface area contributed by atoms with Gasteiger partial charge in [-0.05, 0) is 0 Å². The molecule has 0 aliphatic rings. The summed E-state index contributed by atoms with van der Waals surface area (Å²) in [5.74, 6) is -30.3. The smallest absolute Gasteiger partial charge is 0.216 e. The van der Waals surface area contributed by atoms with E-state index < -0.39 is 54.7 Å². The topological polar surface area (TPSA) is 3.88 Å². The molecule has 0 atom stereocenters. The molecule has 1 rings (SSSR count). The molecule has 0 aliphatic heterocycles. The predicted octanol–water partition coefficient (Wildman–Crippen LogP) is 5.74. The zero-order chi connectivity index (χ0) is 24.0. The third-order valence-corrected chi connectivity index (χ3v) is 3.92. The van der Waals surface area contributed by atoms with Crippen LogP contribution >= 0.6 is 0 Å². The van der Waals surface area contributed by atoms with E-state index in [0.717, 1.165) is 24.5 Å². The Morgan fingerprint density at radius 1 is 0.500 bits per heavy atom. The van der Waals surface area contributed by atoms with Crippen LogP contribution in [-0.4, -0.2) is 41.7 Å². The lowest BCUT2D eigenvalue weighted by molar-refractivity contribution is -0.700. The predicted molar refractivity (Wildman–Crippen MR) is 67.0 cm³/mol. The Kier molecular flexibility index (Phi) is 6.41. The molecule has 30 heavy (non-hydrogen) atoms. The summed E-state index contributed by atoms with van der Waals surface area (Å²) >= 11 is 0. The average molecular weight is 476 g/mol. The first-order valence-electron chi connectivity index (χ1n) is 7.35. The lowest BCUT2D eigenvalue weighted by atomic mass is 9.85. The van der Waals surface area contributed by atoms with E-state index in [4.69, 9.17) is 0 Å². The summed E-state index contributed by atoms with van der Waals surface area (Å²) in [5.41, 5.74) is -8.26. The first-order chi connectivity index (χ1) is 13.1. The molecule has 0 amide bonds. The van der Waals surface area contributed by atoms with Crippen molar-refractivity contribution in [1.29, 1.82) is 0 Å². The number of nitrogens with zero attached hydrogens (tertiary/aromatic N) is 1.